The minimum Gasteiger partial charge on any atom is -0.481 e. The lowest BCUT2D eigenvalue weighted by atomic mass is 9.91. The van der Waals surface area contributed by atoms with Crippen LogP contribution in [0.5, 0.6) is 0 Å². The highest BCUT2D eigenvalue weighted by Gasteiger charge is 2.25. The van der Waals surface area contributed by atoms with Crippen LogP contribution in [0.2, 0.25) is 0 Å². The van der Waals surface area contributed by atoms with Crippen molar-refractivity contribution in [1.29, 1.82) is 0 Å². The van der Waals surface area contributed by atoms with Gasteiger partial charge in [-0.2, -0.15) is 0 Å². The molecule has 38 heavy (non-hydrogen) atoms. The summed E-state index contributed by atoms with van der Waals surface area (Å²) in [6, 6.07) is 0. The second-order valence-corrected chi connectivity index (χ2v) is 12.3. The Morgan fingerprint density at radius 3 is 0.921 bits per heavy atom. The minimum absolute atomic E-state index is 0.574. The van der Waals surface area contributed by atoms with Crippen molar-refractivity contribution < 1.29 is 15.0 Å². The Morgan fingerprint density at radius 2 is 0.658 bits per heavy atom. The molecule has 0 saturated heterocycles. The van der Waals surface area contributed by atoms with Gasteiger partial charge in [-0.25, -0.2) is 0 Å². The number of unbranched alkanes of at least 4 members (excludes halogenated alkanes) is 26. The maximum absolute atomic E-state index is 11.6. The Hall–Kier alpha value is -0.570. The summed E-state index contributed by atoms with van der Waals surface area (Å²) in [7, 11) is 0. The van der Waals surface area contributed by atoms with Crippen LogP contribution in [0.1, 0.15) is 206 Å². The van der Waals surface area contributed by atoms with E-state index in [1.165, 1.54) is 154 Å². The summed E-state index contributed by atoms with van der Waals surface area (Å²) < 4.78 is 0. The molecule has 2 N–H and O–H groups in total. The highest BCUT2D eigenvalue weighted by Crippen LogP contribution is 2.21. The molecule has 0 bridgehead atoms. The minimum atomic E-state index is -0.810. The lowest BCUT2D eigenvalue weighted by Crippen LogP contribution is -2.28. The van der Waals surface area contributed by atoms with E-state index in [1.54, 1.807) is 0 Å². The Balaban J connectivity index is 3.46. The predicted molar refractivity (Wildman–Crippen MR) is 167 cm³/mol. The molecule has 0 spiro atoms. The first-order valence-corrected chi connectivity index (χ1v) is 17.5. The molecule has 0 aliphatic carbocycles. The SMILES string of the molecule is CCCCCCCCCCCCCCCCCCCCCC(O)C(CCCCCCCCCCC)C(=O)O. The molecule has 0 aromatic heterocycles. The molecule has 0 aliphatic heterocycles. The van der Waals surface area contributed by atoms with Crippen molar-refractivity contribution in [2.75, 3.05) is 0 Å². The number of aliphatic hydroxyl groups excluding tert-OH is 1. The first-order chi connectivity index (χ1) is 18.6. The molecule has 228 valence electrons. The fourth-order valence-electron chi connectivity index (χ4n) is 5.79. The number of aliphatic carboxylic acids is 1. The third-order valence-electron chi connectivity index (χ3n) is 8.50. The van der Waals surface area contributed by atoms with E-state index < -0.39 is 18.0 Å². The molecule has 0 aromatic carbocycles. The molecule has 0 saturated carbocycles. The molecule has 0 aliphatic rings. The molecular formula is C35H70O3. The number of rotatable bonds is 32. The van der Waals surface area contributed by atoms with Gasteiger partial charge in [0.15, 0.2) is 0 Å². The van der Waals surface area contributed by atoms with Crippen LogP contribution in [0.4, 0.5) is 0 Å². The Kier molecular flexibility index (Phi) is 30.5. The summed E-state index contributed by atoms with van der Waals surface area (Å²) in [6.07, 6.45) is 37.5. The normalized spacial score (nSPS) is 13.1. The average molecular weight is 539 g/mol. The highest BCUT2D eigenvalue weighted by molar-refractivity contribution is 5.70. The van der Waals surface area contributed by atoms with Gasteiger partial charge >= 0.3 is 5.97 Å². The predicted octanol–water partition coefficient (Wildman–Crippen LogP) is 11.8. The van der Waals surface area contributed by atoms with Crippen molar-refractivity contribution in [2.24, 2.45) is 5.92 Å². The maximum Gasteiger partial charge on any atom is 0.309 e. The average Bonchev–Trinajstić information content (AvgIpc) is 2.90. The van der Waals surface area contributed by atoms with Crippen LogP contribution in [0, 0.1) is 5.92 Å². The smallest absolute Gasteiger partial charge is 0.309 e. The van der Waals surface area contributed by atoms with Crippen molar-refractivity contribution in [3.63, 3.8) is 0 Å². The van der Waals surface area contributed by atoms with Gasteiger partial charge < -0.3 is 10.2 Å². The zero-order chi connectivity index (χ0) is 27.9. The molecule has 0 fully saturated rings. The lowest BCUT2D eigenvalue weighted by Gasteiger charge is -2.19. The van der Waals surface area contributed by atoms with Gasteiger partial charge in [-0.1, -0.05) is 194 Å². The fraction of sp³-hybridized carbons (Fsp3) is 0.971. The monoisotopic (exact) mass is 539 g/mol. The first kappa shape index (κ1) is 37.4. The Bertz CT molecular complexity index is 464. The maximum atomic E-state index is 11.6. The molecule has 0 amide bonds. The van der Waals surface area contributed by atoms with Crippen molar-refractivity contribution >= 4 is 5.97 Å². The van der Waals surface area contributed by atoms with E-state index >= 15 is 0 Å². The van der Waals surface area contributed by atoms with E-state index in [9.17, 15) is 15.0 Å². The number of carboxylic acids is 1. The van der Waals surface area contributed by atoms with Gasteiger partial charge in [0, 0.05) is 0 Å². The molecule has 3 nitrogen and oxygen atoms in total. The second-order valence-electron chi connectivity index (χ2n) is 12.3. The molecule has 2 unspecified atom stereocenters. The van der Waals surface area contributed by atoms with Crippen molar-refractivity contribution in [2.45, 2.75) is 213 Å². The highest BCUT2D eigenvalue weighted by atomic mass is 16.4. The van der Waals surface area contributed by atoms with Gasteiger partial charge in [0.1, 0.15) is 0 Å². The summed E-state index contributed by atoms with van der Waals surface area (Å²) in [5.41, 5.74) is 0. The molecule has 3 heteroatoms. The Labute approximate surface area is 239 Å². The number of hydrogen-bond donors (Lipinski definition) is 2. The van der Waals surface area contributed by atoms with Crippen molar-refractivity contribution in [3.05, 3.63) is 0 Å². The van der Waals surface area contributed by atoms with Gasteiger partial charge in [-0.05, 0) is 12.8 Å². The van der Waals surface area contributed by atoms with Gasteiger partial charge in [0.25, 0.3) is 0 Å². The molecule has 0 rings (SSSR count). The third kappa shape index (κ3) is 27.0. The van der Waals surface area contributed by atoms with Gasteiger partial charge in [0.2, 0.25) is 0 Å². The summed E-state index contributed by atoms with van der Waals surface area (Å²) in [5, 5.41) is 20.0. The van der Waals surface area contributed by atoms with Crippen LogP contribution in [0.15, 0.2) is 0 Å². The number of hydrogen-bond acceptors (Lipinski definition) is 2. The van der Waals surface area contributed by atoms with Crippen LogP contribution in [0.3, 0.4) is 0 Å². The van der Waals surface area contributed by atoms with E-state index in [4.69, 9.17) is 0 Å². The standard InChI is InChI=1S/C35H70O3/c1-3-5-7-9-11-13-14-15-16-17-18-19-20-21-22-24-26-28-30-32-34(36)33(35(37)38)31-29-27-25-23-12-10-8-6-4-2/h33-34,36H,3-32H2,1-2H3,(H,37,38). The van der Waals surface area contributed by atoms with Crippen LogP contribution in [0.25, 0.3) is 0 Å². The molecule has 0 aromatic rings. The molecule has 0 heterocycles. The van der Waals surface area contributed by atoms with E-state index in [-0.39, 0.29) is 0 Å². The van der Waals surface area contributed by atoms with E-state index in [1.807, 2.05) is 0 Å². The van der Waals surface area contributed by atoms with Crippen LogP contribution >= 0.6 is 0 Å². The lowest BCUT2D eigenvalue weighted by molar-refractivity contribution is -0.146. The number of aliphatic hydroxyl groups is 1. The van der Waals surface area contributed by atoms with Crippen LogP contribution in [-0.2, 0) is 4.79 Å². The number of carbonyl (C=O) groups is 1. The quantitative estimate of drug-likeness (QED) is 0.0837. The largest absolute Gasteiger partial charge is 0.481 e. The Morgan fingerprint density at radius 1 is 0.421 bits per heavy atom. The summed E-state index contributed by atoms with van der Waals surface area (Å²) >= 11 is 0. The van der Waals surface area contributed by atoms with E-state index in [2.05, 4.69) is 13.8 Å². The van der Waals surface area contributed by atoms with Crippen LogP contribution in [-0.4, -0.2) is 22.3 Å². The van der Waals surface area contributed by atoms with E-state index in [0.717, 1.165) is 25.7 Å². The van der Waals surface area contributed by atoms with Crippen molar-refractivity contribution in [1.82, 2.24) is 0 Å². The first-order valence-electron chi connectivity index (χ1n) is 17.5. The van der Waals surface area contributed by atoms with Gasteiger partial charge in [-0.3, -0.25) is 4.79 Å². The molecule has 0 radical (unpaired) electrons. The van der Waals surface area contributed by atoms with Crippen LogP contribution < -0.4 is 0 Å². The fourth-order valence-corrected chi connectivity index (χ4v) is 5.79. The molecular weight excluding hydrogens is 468 g/mol. The van der Waals surface area contributed by atoms with E-state index in [0.29, 0.717) is 12.8 Å². The summed E-state index contributed by atoms with van der Waals surface area (Å²) in [6.45, 7) is 4.53. The zero-order valence-electron chi connectivity index (χ0n) is 26.2. The summed E-state index contributed by atoms with van der Waals surface area (Å²) in [4.78, 5) is 11.6. The zero-order valence-corrected chi connectivity index (χ0v) is 26.2. The van der Waals surface area contributed by atoms with Crippen molar-refractivity contribution in [3.8, 4) is 0 Å². The molecule has 2 atom stereocenters. The van der Waals surface area contributed by atoms with Gasteiger partial charge in [0.05, 0.1) is 12.0 Å². The van der Waals surface area contributed by atoms with Gasteiger partial charge in [-0.15, -0.1) is 0 Å². The summed E-state index contributed by atoms with van der Waals surface area (Å²) in [5.74, 6) is -1.38. The second kappa shape index (κ2) is 31.0. The number of carboxylic acid groups (broad SMARTS) is 1. The third-order valence-corrected chi connectivity index (χ3v) is 8.50. The topological polar surface area (TPSA) is 57.5 Å².